The Morgan fingerprint density at radius 2 is 1.12 bits per heavy atom. The van der Waals surface area contributed by atoms with E-state index in [9.17, 15) is 0 Å². The fourth-order valence-electron chi connectivity index (χ4n) is 7.31. The lowest BCUT2D eigenvalue weighted by Crippen LogP contribution is -2.11. The third kappa shape index (κ3) is 4.96. The second-order valence-corrected chi connectivity index (χ2v) is 12.8. The van der Waals surface area contributed by atoms with Gasteiger partial charge in [-0.15, -0.1) is 0 Å². The first-order valence-corrected chi connectivity index (χ1v) is 17.1. The van der Waals surface area contributed by atoms with Gasteiger partial charge in [-0.3, -0.25) is 0 Å². The summed E-state index contributed by atoms with van der Waals surface area (Å²) >= 11 is 0. The van der Waals surface area contributed by atoms with Crippen LogP contribution < -0.4 is 4.90 Å². The lowest BCUT2D eigenvalue weighted by atomic mass is 9.99. The normalized spacial score (nSPS) is 11.5. The van der Waals surface area contributed by atoms with Crippen LogP contribution in [0, 0.1) is 0 Å². The van der Waals surface area contributed by atoms with Crippen molar-refractivity contribution in [2.75, 3.05) is 4.90 Å². The molecule has 0 saturated heterocycles. The average Bonchev–Trinajstić information content (AvgIpc) is 3.81. The van der Waals surface area contributed by atoms with Gasteiger partial charge in [-0.05, 0) is 82.1 Å². The maximum atomic E-state index is 6.84. The Kier molecular flexibility index (Phi) is 6.78. The zero-order chi connectivity index (χ0) is 33.7. The number of hydrogen-bond donors (Lipinski definition) is 0. The summed E-state index contributed by atoms with van der Waals surface area (Å²) in [6.07, 6.45) is 0. The van der Waals surface area contributed by atoms with E-state index in [1.165, 1.54) is 10.8 Å². The molecule has 0 bridgehead atoms. The zero-order valence-corrected chi connectivity index (χ0v) is 27.5. The van der Waals surface area contributed by atoms with E-state index in [2.05, 4.69) is 150 Å². The Hall–Kier alpha value is -6.91. The first-order chi connectivity index (χ1) is 25.3. The number of aromatic nitrogens is 1. The predicted molar refractivity (Wildman–Crippen MR) is 210 cm³/mol. The maximum Gasteiger partial charge on any atom is 0.228 e. The molecule has 51 heavy (non-hydrogen) atoms. The molecule has 0 spiro atoms. The van der Waals surface area contributed by atoms with Gasteiger partial charge in [0.2, 0.25) is 5.89 Å². The fourth-order valence-corrected chi connectivity index (χ4v) is 7.31. The quantitative estimate of drug-likeness (QED) is 0.179. The Bertz CT molecular complexity index is 2850. The molecule has 0 aliphatic heterocycles. The van der Waals surface area contributed by atoms with Crippen LogP contribution in [0.4, 0.5) is 17.1 Å². The highest BCUT2D eigenvalue weighted by Crippen LogP contribution is 2.47. The van der Waals surface area contributed by atoms with Gasteiger partial charge >= 0.3 is 0 Å². The molecule has 2 heterocycles. The van der Waals surface area contributed by atoms with Crippen LogP contribution in [0.15, 0.2) is 191 Å². The minimum Gasteiger partial charge on any atom is -0.454 e. The Morgan fingerprint density at radius 3 is 2.04 bits per heavy atom. The van der Waals surface area contributed by atoms with E-state index in [0.717, 1.165) is 77.9 Å². The summed E-state index contributed by atoms with van der Waals surface area (Å²) in [5, 5.41) is 4.41. The SMILES string of the molecule is c1ccc(-c2ccccc2N(c2cccc(-c3ccc4ccccc4c3)c2)c2cccc3c2oc2cccc(-c4nc5ccccc5o4)c23)cc1. The van der Waals surface area contributed by atoms with Gasteiger partial charge in [0.1, 0.15) is 11.1 Å². The number of anilines is 3. The lowest BCUT2D eigenvalue weighted by molar-refractivity contribution is 0.620. The Morgan fingerprint density at radius 1 is 0.431 bits per heavy atom. The molecule has 0 radical (unpaired) electrons. The molecule has 0 fully saturated rings. The van der Waals surface area contributed by atoms with Crippen molar-refractivity contribution >= 4 is 60.9 Å². The molecule has 10 rings (SSSR count). The molecule has 0 atom stereocenters. The number of rotatable bonds is 6. The van der Waals surface area contributed by atoms with Crippen LogP contribution in [0.3, 0.4) is 0 Å². The predicted octanol–water partition coefficient (Wildman–Crippen LogP) is 13.4. The van der Waals surface area contributed by atoms with Gasteiger partial charge in [0, 0.05) is 27.6 Å². The van der Waals surface area contributed by atoms with Crippen molar-refractivity contribution in [1.82, 2.24) is 4.98 Å². The number of hydrogen-bond acceptors (Lipinski definition) is 4. The third-order valence-electron chi connectivity index (χ3n) is 9.68. The standard InChI is InChI=1S/C47H30N2O2/c1-2-14-32(15-3-1)37-19-6-8-23-41(37)49(36-18-10-17-34(30-36)35-28-27-31-13-4-5-16-33(31)29-35)42-24-11-20-38-45-39(21-12-26-44(45)50-46(38)42)47-48-40-22-7-9-25-43(40)51-47/h1-30H. The second-order valence-electron chi connectivity index (χ2n) is 12.8. The Balaban J connectivity index is 1.21. The second kappa shape index (κ2) is 11.9. The van der Waals surface area contributed by atoms with Crippen molar-refractivity contribution in [3.63, 3.8) is 0 Å². The molecule has 4 nitrogen and oxygen atoms in total. The summed E-state index contributed by atoms with van der Waals surface area (Å²) in [5.74, 6) is 0.573. The van der Waals surface area contributed by atoms with Crippen LogP contribution >= 0.6 is 0 Å². The number of furan rings is 1. The van der Waals surface area contributed by atoms with Gasteiger partial charge in [0.25, 0.3) is 0 Å². The molecular weight excluding hydrogens is 625 g/mol. The van der Waals surface area contributed by atoms with E-state index >= 15 is 0 Å². The number of fused-ring (bicyclic) bond motifs is 5. The van der Waals surface area contributed by atoms with Gasteiger partial charge in [-0.1, -0.05) is 127 Å². The molecule has 4 heteroatoms. The van der Waals surface area contributed by atoms with Gasteiger partial charge in [0.05, 0.1) is 11.4 Å². The van der Waals surface area contributed by atoms with E-state index in [0.29, 0.717) is 5.89 Å². The van der Waals surface area contributed by atoms with Gasteiger partial charge in [0.15, 0.2) is 11.2 Å². The molecule has 8 aromatic carbocycles. The van der Waals surface area contributed by atoms with Crippen molar-refractivity contribution in [3.8, 4) is 33.7 Å². The van der Waals surface area contributed by atoms with E-state index in [4.69, 9.17) is 13.8 Å². The first kappa shape index (κ1) is 29.0. The van der Waals surface area contributed by atoms with Crippen LogP contribution in [0.25, 0.3) is 77.5 Å². The molecule has 0 saturated carbocycles. The highest BCUT2D eigenvalue weighted by Gasteiger charge is 2.24. The smallest absolute Gasteiger partial charge is 0.228 e. The van der Waals surface area contributed by atoms with Gasteiger partial charge in [-0.25, -0.2) is 4.98 Å². The largest absolute Gasteiger partial charge is 0.454 e. The van der Waals surface area contributed by atoms with Crippen LogP contribution in [-0.2, 0) is 0 Å². The molecule has 10 aromatic rings. The fraction of sp³-hybridized carbons (Fsp3) is 0. The van der Waals surface area contributed by atoms with Crippen molar-refractivity contribution in [2.45, 2.75) is 0 Å². The average molecular weight is 655 g/mol. The summed E-state index contributed by atoms with van der Waals surface area (Å²) in [7, 11) is 0. The van der Waals surface area contributed by atoms with Crippen molar-refractivity contribution in [2.24, 2.45) is 0 Å². The van der Waals surface area contributed by atoms with Crippen LogP contribution in [0.2, 0.25) is 0 Å². The third-order valence-corrected chi connectivity index (χ3v) is 9.68. The van der Waals surface area contributed by atoms with Crippen molar-refractivity contribution < 1.29 is 8.83 Å². The summed E-state index contributed by atoms with van der Waals surface area (Å²) in [5.41, 5.74) is 11.6. The zero-order valence-electron chi connectivity index (χ0n) is 27.5. The maximum absolute atomic E-state index is 6.84. The Labute approximate surface area is 294 Å². The molecular formula is C47H30N2O2. The number of oxazole rings is 1. The van der Waals surface area contributed by atoms with Crippen LogP contribution in [-0.4, -0.2) is 4.98 Å². The van der Waals surface area contributed by atoms with E-state index < -0.39 is 0 Å². The summed E-state index contributed by atoms with van der Waals surface area (Å²) in [6.45, 7) is 0. The molecule has 0 amide bonds. The number of para-hydroxylation sites is 4. The molecule has 0 N–H and O–H groups in total. The lowest BCUT2D eigenvalue weighted by Gasteiger charge is -2.28. The minimum absolute atomic E-state index is 0.573. The molecule has 2 aromatic heterocycles. The molecule has 240 valence electrons. The highest BCUT2D eigenvalue weighted by atomic mass is 16.3. The van der Waals surface area contributed by atoms with Crippen molar-refractivity contribution in [1.29, 1.82) is 0 Å². The summed E-state index contributed by atoms with van der Waals surface area (Å²) in [6, 6.07) is 63.4. The van der Waals surface area contributed by atoms with Gasteiger partial charge < -0.3 is 13.7 Å². The molecule has 0 aliphatic rings. The highest BCUT2D eigenvalue weighted by molar-refractivity contribution is 6.15. The number of benzene rings is 8. The van der Waals surface area contributed by atoms with E-state index in [1.54, 1.807) is 0 Å². The minimum atomic E-state index is 0.573. The van der Waals surface area contributed by atoms with Crippen LogP contribution in [0.5, 0.6) is 0 Å². The van der Waals surface area contributed by atoms with E-state index in [1.807, 2.05) is 36.4 Å². The van der Waals surface area contributed by atoms with E-state index in [-0.39, 0.29) is 0 Å². The summed E-state index contributed by atoms with van der Waals surface area (Å²) in [4.78, 5) is 7.19. The topological polar surface area (TPSA) is 42.4 Å². The molecule has 0 aliphatic carbocycles. The monoisotopic (exact) mass is 654 g/mol. The first-order valence-electron chi connectivity index (χ1n) is 17.1. The number of nitrogens with zero attached hydrogens (tertiary/aromatic N) is 2. The van der Waals surface area contributed by atoms with Crippen molar-refractivity contribution in [3.05, 3.63) is 182 Å². The van der Waals surface area contributed by atoms with Crippen LogP contribution in [0.1, 0.15) is 0 Å². The molecule has 0 unspecified atom stereocenters. The summed E-state index contributed by atoms with van der Waals surface area (Å²) < 4.78 is 13.1. The van der Waals surface area contributed by atoms with Gasteiger partial charge in [-0.2, -0.15) is 0 Å².